The molecule has 0 rings (SSSR count). The van der Waals surface area contributed by atoms with Crippen molar-refractivity contribution in [1.82, 2.24) is 5.01 Å². The van der Waals surface area contributed by atoms with Crippen molar-refractivity contribution >= 4 is 11.9 Å². The molecule has 1 atom stereocenters. The van der Waals surface area contributed by atoms with E-state index >= 15 is 0 Å². The second-order valence-corrected chi connectivity index (χ2v) is 3.82. The zero-order chi connectivity index (χ0) is 11.9. The van der Waals surface area contributed by atoms with Gasteiger partial charge >= 0.3 is 0 Å². The molecule has 0 radical (unpaired) electrons. The monoisotopic (exact) mass is 210 g/mol. The first-order valence-corrected chi connectivity index (χ1v) is 5.10. The molecule has 0 saturated heterocycles. The van der Waals surface area contributed by atoms with Gasteiger partial charge in [-0.25, -0.2) is 0 Å². The van der Waals surface area contributed by atoms with Gasteiger partial charge in [-0.2, -0.15) is 5.10 Å². The summed E-state index contributed by atoms with van der Waals surface area (Å²) in [6, 6.07) is 0. The lowest BCUT2D eigenvalue weighted by Crippen LogP contribution is -2.47. The zero-order valence-electron chi connectivity index (χ0n) is 10.2. The fourth-order valence-corrected chi connectivity index (χ4v) is 1.21. The highest BCUT2D eigenvalue weighted by molar-refractivity contribution is 5.91. The van der Waals surface area contributed by atoms with Crippen LogP contribution < -0.4 is 5.73 Å². The third-order valence-electron chi connectivity index (χ3n) is 1.91. The van der Waals surface area contributed by atoms with Crippen molar-refractivity contribution < 1.29 is 0 Å². The summed E-state index contributed by atoms with van der Waals surface area (Å²) in [7, 11) is 1.72. The van der Waals surface area contributed by atoms with Gasteiger partial charge in [-0.1, -0.05) is 6.58 Å². The number of allylic oxidation sites excluding steroid dienone is 1. The Morgan fingerprint density at radius 1 is 1.60 bits per heavy atom. The quantitative estimate of drug-likeness (QED) is 0.530. The Bertz CT molecular complexity index is 253. The molecule has 0 bridgehead atoms. The molecular weight excluding hydrogens is 188 g/mol. The summed E-state index contributed by atoms with van der Waals surface area (Å²) in [5.41, 5.74) is 6.48. The molecule has 0 heterocycles. The van der Waals surface area contributed by atoms with Crippen LogP contribution in [-0.4, -0.2) is 42.6 Å². The molecule has 0 amide bonds. The first-order valence-electron chi connectivity index (χ1n) is 5.10. The lowest BCUT2D eigenvalue weighted by Gasteiger charge is -2.27. The largest absolute Gasteiger partial charge is 0.319 e. The highest BCUT2D eigenvalue weighted by Crippen LogP contribution is 2.02. The maximum Gasteiger partial charge on any atom is 0.0674 e. The van der Waals surface area contributed by atoms with Crippen LogP contribution >= 0.6 is 0 Å². The fraction of sp³-hybridized carbons (Fsp3) is 0.636. The third-order valence-corrected chi connectivity index (χ3v) is 1.91. The predicted molar refractivity (Wildman–Crippen MR) is 67.6 cm³/mol. The summed E-state index contributed by atoms with van der Waals surface area (Å²) < 4.78 is 0. The molecule has 2 N–H and O–H groups in total. The smallest absolute Gasteiger partial charge is 0.0674 e. The summed E-state index contributed by atoms with van der Waals surface area (Å²) >= 11 is 0. The lowest BCUT2D eigenvalue weighted by atomic mass is 10.1. The molecule has 1 unspecified atom stereocenters. The molecular formula is C11H22N4. The van der Waals surface area contributed by atoms with Gasteiger partial charge in [0.2, 0.25) is 0 Å². The van der Waals surface area contributed by atoms with Gasteiger partial charge in [-0.05, 0) is 26.8 Å². The maximum atomic E-state index is 6.03. The van der Waals surface area contributed by atoms with E-state index in [1.807, 2.05) is 25.8 Å². The second kappa shape index (κ2) is 6.35. The zero-order valence-corrected chi connectivity index (χ0v) is 10.2. The van der Waals surface area contributed by atoms with Gasteiger partial charge in [0, 0.05) is 19.8 Å². The summed E-state index contributed by atoms with van der Waals surface area (Å²) in [5, 5.41) is 6.29. The molecule has 0 aromatic heterocycles. The predicted octanol–water partition coefficient (Wildman–Crippen LogP) is 1.29. The highest BCUT2D eigenvalue weighted by Gasteiger charge is 2.18. The molecule has 4 heteroatoms. The van der Waals surface area contributed by atoms with Crippen LogP contribution in [0.15, 0.2) is 22.7 Å². The highest BCUT2D eigenvalue weighted by atomic mass is 15.5. The molecule has 0 fully saturated rings. The van der Waals surface area contributed by atoms with E-state index in [-0.39, 0.29) is 0 Å². The Morgan fingerprint density at radius 3 is 2.60 bits per heavy atom. The molecule has 0 saturated carbocycles. The Hall–Kier alpha value is -1.16. The summed E-state index contributed by atoms with van der Waals surface area (Å²) in [6.07, 6.45) is 3.47. The van der Waals surface area contributed by atoms with Gasteiger partial charge in [0.15, 0.2) is 0 Å². The van der Waals surface area contributed by atoms with E-state index < -0.39 is 5.54 Å². The van der Waals surface area contributed by atoms with Crippen molar-refractivity contribution in [3.63, 3.8) is 0 Å². The van der Waals surface area contributed by atoms with Crippen molar-refractivity contribution in [2.45, 2.75) is 26.3 Å². The SMILES string of the molecule is C=C/C(C)=N/N(CC)CC(C)(N)/C=N\C. The number of aliphatic imine (C=N–C) groups is 1. The van der Waals surface area contributed by atoms with Gasteiger partial charge < -0.3 is 5.73 Å². The van der Waals surface area contributed by atoms with Crippen LogP contribution in [0.4, 0.5) is 0 Å². The van der Waals surface area contributed by atoms with Gasteiger partial charge in [-0.3, -0.25) is 10.0 Å². The number of nitrogens with two attached hydrogens (primary N) is 1. The van der Waals surface area contributed by atoms with Crippen molar-refractivity contribution in [1.29, 1.82) is 0 Å². The van der Waals surface area contributed by atoms with E-state index in [1.54, 1.807) is 19.3 Å². The lowest BCUT2D eigenvalue weighted by molar-refractivity contribution is 0.271. The fourth-order valence-electron chi connectivity index (χ4n) is 1.21. The number of likely N-dealkylation sites (N-methyl/N-ethyl adjacent to an activating group) is 1. The van der Waals surface area contributed by atoms with E-state index in [9.17, 15) is 0 Å². The van der Waals surface area contributed by atoms with E-state index in [0.29, 0.717) is 6.54 Å². The van der Waals surface area contributed by atoms with Crippen molar-refractivity contribution in [3.8, 4) is 0 Å². The molecule has 4 nitrogen and oxygen atoms in total. The van der Waals surface area contributed by atoms with Gasteiger partial charge in [-0.15, -0.1) is 0 Å². The summed E-state index contributed by atoms with van der Waals surface area (Å²) in [6.45, 7) is 11.0. The van der Waals surface area contributed by atoms with Crippen molar-refractivity contribution in [3.05, 3.63) is 12.7 Å². The Balaban J connectivity index is 4.52. The standard InChI is InChI=1S/C11H22N4/c1-6-10(3)14-15(7-2)9-11(4,12)8-13-5/h6,8H,1,7,9,12H2,2-5H3/b13-8-,14-10+. The number of hydrazone groups is 1. The van der Waals surface area contributed by atoms with Crippen LogP contribution in [0.2, 0.25) is 0 Å². The summed E-state index contributed by atoms with van der Waals surface area (Å²) in [4.78, 5) is 3.95. The van der Waals surface area contributed by atoms with Gasteiger partial charge in [0.1, 0.15) is 0 Å². The number of hydrogen-bond acceptors (Lipinski definition) is 4. The van der Waals surface area contributed by atoms with Crippen LogP contribution in [-0.2, 0) is 0 Å². The van der Waals surface area contributed by atoms with Gasteiger partial charge in [0.25, 0.3) is 0 Å². The van der Waals surface area contributed by atoms with Crippen molar-refractivity contribution in [2.24, 2.45) is 15.8 Å². The minimum atomic E-state index is -0.449. The normalized spacial score (nSPS) is 16.5. The van der Waals surface area contributed by atoms with Crippen LogP contribution in [0.1, 0.15) is 20.8 Å². The van der Waals surface area contributed by atoms with E-state index in [0.717, 1.165) is 12.3 Å². The van der Waals surface area contributed by atoms with E-state index in [2.05, 4.69) is 16.7 Å². The second-order valence-electron chi connectivity index (χ2n) is 3.82. The Kier molecular flexibility index (Phi) is 5.86. The molecule has 0 aliphatic heterocycles. The molecule has 0 aromatic rings. The molecule has 0 aliphatic rings. The Morgan fingerprint density at radius 2 is 2.20 bits per heavy atom. The van der Waals surface area contributed by atoms with Crippen molar-refractivity contribution in [2.75, 3.05) is 20.1 Å². The Labute approximate surface area is 92.6 Å². The first kappa shape index (κ1) is 13.8. The molecule has 0 aliphatic carbocycles. The summed E-state index contributed by atoms with van der Waals surface area (Å²) in [5.74, 6) is 0. The molecule has 0 spiro atoms. The van der Waals surface area contributed by atoms with Crippen LogP contribution in [0.3, 0.4) is 0 Å². The molecule has 86 valence electrons. The average Bonchev–Trinajstić information content (AvgIpc) is 2.16. The number of rotatable bonds is 6. The minimum Gasteiger partial charge on any atom is -0.319 e. The van der Waals surface area contributed by atoms with E-state index in [1.165, 1.54) is 0 Å². The van der Waals surface area contributed by atoms with Crippen LogP contribution in [0.25, 0.3) is 0 Å². The minimum absolute atomic E-state index is 0.449. The topological polar surface area (TPSA) is 54.0 Å². The van der Waals surface area contributed by atoms with Gasteiger partial charge in [0.05, 0.1) is 17.8 Å². The maximum absolute atomic E-state index is 6.03. The first-order chi connectivity index (χ1) is 6.95. The number of nitrogens with zero attached hydrogens (tertiary/aromatic N) is 3. The van der Waals surface area contributed by atoms with Crippen LogP contribution in [0, 0.1) is 0 Å². The van der Waals surface area contributed by atoms with E-state index in [4.69, 9.17) is 5.73 Å². The molecule has 15 heavy (non-hydrogen) atoms. The number of hydrogen-bond donors (Lipinski definition) is 1. The van der Waals surface area contributed by atoms with Crippen LogP contribution in [0.5, 0.6) is 0 Å². The third kappa shape index (κ3) is 6.01. The average molecular weight is 210 g/mol. The molecule has 0 aromatic carbocycles.